The number of aromatic nitrogens is 20. The lowest BCUT2D eigenvalue weighted by atomic mass is 9.92. The summed E-state index contributed by atoms with van der Waals surface area (Å²) in [4.78, 5) is 62.8. The van der Waals surface area contributed by atoms with E-state index in [0.717, 1.165) is 140 Å². The maximum absolute atomic E-state index is 13.2. The van der Waals surface area contributed by atoms with Crippen LogP contribution in [0.15, 0.2) is 181 Å². The molecule has 0 saturated carbocycles. The van der Waals surface area contributed by atoms with E-state index in [0.29, 0.717) is 75.3 Å². The van der Waals surface area contributed by atoms with Crippen LogP contribution in [0.5, 0.6) is 0 Å². The highest BCUT2D eigenvalue weighted by atomic mass is 35.5. The Morgan fingerprint density at radius 3 is 1.35 bits per heavy atom. The van der Waals surface area contributed by atoms with E-state index in [1.807, 2.05) is 125 Å². The summed E-state index contributed by atoms with van der Waals surface area (Å²) in [7, 11) is -6.62. The lowest BCUT2D eigenvalue weighted by molar-refractivity contribution is -0.137. The van der Waals surface area contributed by atoms with Gasteiger partial charge in [0.15, 0.2) is 23.3 Å². The van der Waals surface area contributed by atoms with Crippen LogP contribution in [0.25, 0.3) is 68.7 Å². The van der Waals surface area contributed by atoms with Crippen molar-refractivity contribution in [3.63, 3.8) is 0 Å². The predicted octanol–water partition coefficient (Wildman–Crippen LogP) is 13.4. The summed E-state index contributed by atoms with van der Waals surface area (Å²) in [6, 6.07) is 21.1. The van der Waals surface area contributed by atoms with Gasteiger partial charge >= 0.3 is 6.18 Å². The fourth-order valence-electron chi connectivity index (χ4n) is 14.9. The van der Waals surface area contributed by atoms with E-state index < -0.39 is 38.3 Å². The number of aromatic amines is 2. The summed E-state index contributed by atoms with van der Waals surface area (Å²) in [5.74, 6) is 5.84. The molecule has 39 heteroatoms. The van der Waals surface area contributed by atoms with Crippen LogP contribution in [0.2, 0.25) is 15.1 Å². The van der Waals surface area contributed by atoms with Gasteiger partial charge in [-0.2, -0.15) is 23.4 Å². The Bertz CT molecular complexity index is 6150. The minimum atomic E-state index is -4.46. The highest BCUT2D eigenvalue weighted by molar-refractivity contribution is 7.92. The van der Waals surface area contributed by atoms with E-state index in [-0.39, 0.29) is 35.5 Å². The number of piperazine rings is 1. The molecule has 4 fully saturated rings. The van der Waals surface area contributed by atoms with Crippen molar-refractivity contribution in [1.82, 2.24) is 103 Å². The van der Waals surface area contributed by atoms with Gasteiger partial charge in [0, 0.05) is 182 Å². The zero-order valence-electron chi connectivity index (χ0n) is 64.3. The van der Waals surface area contributed by atoms with Crippen LogP contribution < -0.4 is 24.9 Å². The third-order valence-corrected chi connectivity index (χ3v) is 24.7. The molecule has 14 aromatic heterocycles. The van der Waals surface area contributed by atoms with E-state index in [4.69, 9.17) is 49.8 Å². The molecular formula is C77H84Cl3F3N27O3PS2. The number of hydrogen-bond acceptors (Lipinski definition) is 24. The first-order chi connectivity index (χ1) is 55.5. The maximum atomic E-state index is 13.2. The van der Waals surface area contributed by atoms with Crippen molar-refractivity contribution in [1.29, 1.82) is 0 Å². The van der Waals surface area contributed by atoms with E-state index in [1.54, 1.807) is 74.5 Å². The number of imidazole rings is 4. The summed E-state index contributed by atoms with van der Waals surface area (Å²) in [6.07, 6.45) is 33.5. The summed E-state index contributed by atoms with van der Waals surface area (Å²) in [5.41, 5.74) is 7.11. The summed E-state index contributed by atoms with van der Waals surface area (Å²) in [6.45, 7) is 12.9. The van der Waals surface area contributed by atoms with Crippen LogP contribution in [0.3, 0.4) is 0 Å². The van der Waals surface area contributed by atoms with Gasteiger partial charge in [-0.15, -0.1) is 0 Å². The minimum absolute atomic E-state index is 0.0641. The Labute approximate surface area is 682 Å². The molecular weight excluding hydrogens is 1610 g/mol. The number of hydrogen-bond donors (Lipinski definition) is 3. The molecule has 6 unspecified atom stereocenters. The van der Waals surface area contributed by atoms with Crippen LogP contribution in [-0.2, 0) is 30.2 Å². The molecule has 0 amide bonds. The number of fused-ring (bicyclic) bond motifs is 4. The van der Waals surface area contributed by atoms with Crippen LogP contribution in [-0.4, -0.2) is 221 Å². The molecule has 14 aromatic rings. The molecule has 4 aliphatic heterocycles. The molecule has 18 heterocycles. The number of piperidine rings is 3. The zero-order chi connectivity index (χ0) is 81.2. The number of anilines is 4. The van der Waals surface area contributed by atoms with Crippen LogP contribution in [0, 0.1) is 5.92 Å². The van der Waals surface area contributed by atoms with Crippen molar-refractivity contribution in [2.75, 3.05) is 117 Å². The maximum Gasteiger partial charge on any atom is 0.417 e. The summed E-state index contributed by atoms with van der Waals surface area (Å²) >= 11 is 18.4. The predicted molar refractivity (Wildman–Crippen MR) is 448 cm³/mol. The molecule has 0 aliphatic carbocycles. The van der Waals surface area contributed by atoms with Crippen molar-refractivity contribution >= 4 is 107 Å². The number of halogens is 6. The quantitative estimate of drug-likeness (QED) is 0.0903. The first kappa shape index (κ1) is 80.6. The first-order valence-electron chi connectivity index (χ1n) is 37.4. The molecule has 30 nitrogen and oxygen atoms in total. The molecule has 4 saturated heterocycles. The largest absolute Gasteiger partial charge is 0.417 e. The fourth-order valence-corrected chi connectivity index (χ4v) is 18.5. The lowest BCUT2D eigenvalue weighted by Gasteiger charge is -2.39. The molecule has 0 bridgehead atoms. The number of alkyl halides is 3. The van der Waals surface area contributed by atoms with Gasteiger partial charge in [-0.1, -0.05) is 41.7 Å². The Morgan fingerprint density at radius 2 is 0.905 bits per heavy atom. The van der Waals surface area contributed by atoms with Crippen molar-refractivity contribution in [3.8, 4) is 46.1 Å². The zero-order valence-corrected chi connectivity index (χ0v) is 69.1. The highest BCUT2D eigenvalue weighted by Gasteiger charge is 2.37. The van der Waals surface area contributed by atoms with Crippen LogP contribution in [0.4, 0.5) is 36.4 Å². The molecule has 18 rings (SSSR count). The third kappa shape index (κ3) is 19.3. The van der Waals surface area contributed by atoms with Crippen LogP contribution >= 0.6 is 41.9 Å². The molecule has 0 spiro atoms. The Morgan fingerprint density at radius 1 is 0.483 bits per heavy atom. The normalized spacial score (nSPS) is 19.0. The molecule has 4 aliphatic rings. The van der Waals surface area contributed by atoms with E-state index in [1.165, 1.54) is 16.7 Å². The SMILES string of the molecule is CC1CC(N=S(C)(C)=O)CN(c2ccnc(-c3cnc4ccc(C(F)(F)F)cn34)n2)C1.CP(C)(=O)C1CC(c2cn[nH]c2)CN(c2ccnc(-c3cnc4ccc(Cl)cn34)n2)C1.CS(C)(=O)=NC1CCCN(c2ccnc(-c3cnc4ccc(Cl)cn34)n2)C1.Clc1ccc2ncc(-c3nccc(N4CCNC(c5cn[nH]c5)C4)n3)n2c1. The fraction of sp³-hybridized carbons (Fsp3) is 0.351. The highest BCUT2D eigenvalue weighted by Crippen LogP contribution is 2.49. The van der Waals surface area contributed by atoms with Gasteiger partial charge in [0.2, 0.25) is 0 Å². The second kappa shape index (κ2) is 34.0. The van der Waals surface area contributed by atoms with Crippen molar-refractivity contribution in [2.24, 2.45) is 14.6 Å². The standard InChI is InChI=1S/C21H23ClN7OP.C20H23F3N6OS.C18H17ClN8.C18H21ClN6OS/c1-31(2,30)17-7-14(15-8-25-26-9-15)11-28(13-17)20-5-6-23-21(27-20)18-10-24-19-4-3-16(22)12-29(18)19;1-13-8-15(27-31(2,3)30)12-28(10-13)18-6-7-24-19(26-18)16-9-25-17-5-4-14(11-29(16)17)20(21,22)23;19-13-1-2-16-22-9-15(27(16)10-13)18-21-4-3-17(25-18)26-6-5-20-14(11-26)12-7-23-24-8-12;1-27(2,26)23-14-4-3-9-24(12-14)17-7-8-20-18(22-17)15-10-21-16-6-5-13(19)11-25(15)16/h3-6,8-10,12,14,17H,7,11,13H2,1-2H3,(H,25,26);4-7,9,11,13,15H,8,10,12H2,1-3H3;1-4,7-10,14,20H,5-6,11H2,(H,23,24);5-8,10-11,14H,3-4,9,12H2,1-2H3. The number of nitrogens with one attached hydrogen (secondary N) is 3. The summed E-state index contributed by atoms with van der Waals surface area (Å²) < 4.78 is 92.6. The van der Waals surface area contributed by atoms with Gasteiger partial charge in [-0.05, 0) is 123 Å². The van der Waals surface area contributed by atoms with Crippen LogP contribution in [0.1, 0.15) is 61.3 Å². The molecule has 116 heavy (non-hydrogen) atoms. The second-order valence-corrected chi connectivity index (χ2v) is 40.1. The van der Waals surface area contributed by atoms with Gasteiger partial charge in [0.25, 0.3) is 0 Å². The molecule has 0 aromatic carbocycles. The molecule has 0 radical (unpaired) electrons. The number of rotatable bonds is 13. The molecule has 3 N–H and O–H groups in total. The third-order valence-electron chi connectivity index (χ3n) is 20.3. The second-order valence-electron chi connectivity index (χ2n) is 30.1. The minimum Gasteiger partial charge on any atom is -0.355 e. The average Bonchev–Trinajstić information content (AvgIpc) is 1.50. The smallest absolute Gasteiger partial charge is 0.355 e. The van der Waals surface area contributed by atoms with Gasteiger partial charge < -0.3 is 29.5 Å². The monoisotopic (exact) mass is 1690 g/mol. The summed E-state index contributed by atoms with van der Waals surface area (Å²) in [5, 5.41) is 19.3. The van der Waals surface area contributed by atoms with E-state index in [2.05, 4.69) is 106 Å². The van der Waals surface area contributed by atoms with E-state index >= 15 is 0 Å². The number of pyridine rings is 4. The Kier molecular flexibility index (Phi) is 23.6. The number of nitrogens with zero attached hydrogens (tertiary/aromatic N) is 24. The first-order valence-corrected chi connectivity index (χ1v) is 45.8. The molecule has 604 valence electrons. The van der Waals surface area contributed by atoms with Gasteiger partial charge in [0.05, 0.1) is 83.1 Å². The van der Waals surface area contributed by atoms with Gasteiger partial charge in [-0.25, -0.2) is 68.5 Å². The van der Waals surface area contributed by atoms with Gasteiger partial charge in [-0.3, -0.25) is 36.2 Å². The van der Waals surface area contributed by atoms with E-state index in [9.17, 15) is 26.2 Å². The lowest BCUT2D eigenvalue weighted by Crippen LogP contribution is -2.46. The van der Waals surface area contributed by atoms with Crippen molar-refractivity contribution in [2.45, 2.75) is 68.5 Å². The Balaban J connectivity index is 0.000000122. The Hall–Kier alpha value is -10.6. The topological polar surface area (TPSA) is 331 Å². The molecule has 6 atom stereocenters. The van der Waals surface area contributed by atoms with Crippen molar-refractivity contribution < 1.29 is 26.2 Å². The average molecular weight is 1690 g/mol. The van der Waals surface area contributed by atoms with Gasteiger partial charge in [0.1, 0.15) is 68.6 Å². The number of H-pyrrole nitrogens is 2. The van der Waals surface area contributed by atoms with Crippen molar-refractivity contribution in [3.05, 3.63) is 204 Å².